The number of aryl methyl sites for hydroxylation is 1. The zero-order valence-corrected chi connectivity index (χ0v) is 22.6. The maximum Gasteiger partial charge on any atom is 0.255 e. The highest BCUT2D eigenvalue weighted by atomic mass is 16.2. The van der Waals surface area contributed by atoms with Crippen LogP contribution in [0.2, 0.25) is 0 Å². The smallest absolute Gasteiger partial charge is 0.255 e. The number of nitrogens with zero attached hydrogens (tertiary/aromatic N) is 4. The Labute approximate surface area is 237 Å². The molecule has 0 aliphatic carbocycles. The lowest BCUT2D eigenvalue weighted by atomic mass is 10.0. The zero-order chi connectivity index (χ0) is 28.3. The molecule has 0 spiro atoms. The standard InChI is InChI=1S/C33H26N6O2/c1-21-10-13-26(18-24(21)11-14-27-20-34-31-9-6-16-35-39(27)31)37-32(40)25-12-15-28-22(2)36-30(33(41)38-29(28)19-25)17-23-7-4-3-5-8-23/h3-10,12-13,15-16,18-20,30H,17H2,1-2H3,(H,37,40)(H,38,41)/t30-/m0/s1. The molecule has 0 radical (unpaired) electrons. The van der Waals surface area contributed by atoms with Crippen LogP contribution in [0, 0.1) is 18.8 Å². The number of benzodiazepines with no additional fused rings is 1. The fraction of sp³-hybridized carbons (Fsp3) is 0.121. The molecule has 0 bridgehead atoms. The summed E-state index contributed by atoms with van der Waals surface area (Å²) < 4.78 is 1.68. The van der Waals surface area contributed by atoms with Gasteiger partial charge in [0.15, 0.2) is 5.65 Å². The molecule has 6 rings (SSSR count). The van der Waals surface area contributed by atoms with E-state index in [1.807, 2.05) is 80.6 Å². The van der Waals surface area contributed by atoms with Gasteiger partial charge >= 0.3 is 0 Å². The van der Waals surface area contributed by atoms with Crippen LogP contribution >= 0.6 is 0 Å². The number of imidazole rings is 1. The fourth-order valence-corrected chi connectivity index (χ4v) is 4.74. The molecular weight excluding hydrogens is 512 g/mol. The van der Waals surface area contributed by atoms with Crippen LogP contribution in [-0.4, -0.2) is 38.2 Å². The Morgan fingerprint density at radius 1 is 1.00 bits per heavy atom. The SMILES string of the molecule is CC1=N[C@@H](Cc2ccccc2)C(=O)Nc2cc(C(=O)Nc3ccc(C)c(C#Cc4cnc5cccnn45)c3)ccc21. The molecular formula is C33H26N6O2. The molecule has 8 heteroatoms. The zero-order valence-electron chi connectivity index (χ0n) is 22.6. The molecule has 0 fully saturated rings. The minimum Gasteiger partial charge on any atom is -0.324 e. The molecule has 0 saturated heterocycles. The van der Waals surface area contributed by atoms with E-state index >= 15 is 0 Å². The van der Waals surface area contributed by atoms with Gasteiger partial charge in [0, 0.05) is 40.7 Å². The van der Waals surface area contributed by atoms with Crippen molar-refractivity contribution < 1.29 is 9.59 Å². The Bertz CT molecular complexity index is 1900. The lowest BCUT2D eigenvalue weighted by Crippen LogP contribution is -2.27. The Balaban J connectivity index is 1.20. The quantitative estimate of drug-likeness (QED) is 0.312. The minimum absolute atomic E-state index is 0.201. The summed E-state index contributed by atoms with van der Waals surface area (Å²) in [6.45, 7) is 3.85. The summed E-state index contributed by atoms with van der Waals surface area (Å²) in [6.07, 6.45) is 3.87. The van der Waals surface area contributed by atoms with Gasteiger partial charge in [0.05, 0.1) is 11.9 Å². The van der Waals surface area contributed by atoms with Crippen molar-refractivity contribution >= 4 is 34.5 Å². The molecule has 5 aromatic rings. The molecule has 0 unspecified atom stereocenters. The van der Waals surface area contributed by atoms with E-state index in [4.69, 9.17) is 0 Å². The van der Waals surface area contributed by atoms with Gasteiger partial charge in [-0.15, -0.1) is 0 Å². The third kappa shape index (κ3) is 5.47. The van der Waals surface area contributed by atoms with Gasteiger partial charge in [0.1, 0.15) is 11.7 Å². The maximum absolute atomic E-state index is 13.2. The first-order valence-corrected chi connectivity index (χ1v) is 13.2. The summed E-state index contributed by atoms with van der Waals surface area (Å²) in [5.74, 6) is 5.81. The number of aromatic nitrogens is 3. The van der Waals surface area contributed by atoms with E-state index < -0.39 is 6.04 Å². The molecule has 8 nitrogen and oxygen atoms in total. The van der Waals surface area contributed by atoms with Gasteiger partial charge in [0.2, 0.25) is 5.91 Å². The number of carbonyl (C=O) groups excluding carboxylic acids is 2. The van der Waals surface area contributed by atoms with E-state index in [1.165, 1.54) is 0 Å². The summed E-state index contributed by atoms with van der Waals surface area (Å²) in [4.78, 5) is 35.3. The van der Waals surface area contributed by atoms with Crippen molar-refractivity contribution in [3.63, 3.8) is 0 Å². The number of hydrogen-bond donors (Lipinski definition) is 2. The Kier molecular flexibility index (Phi) is 6.84. The molecule has 3 aromatic carbocycles. The van der Waals surface area contributed by atoms with Crippen molar-refractivity contribution in [2.75, 3.05) is 10.6 Å². The van der Waals surface area contributed by atoms with Crippen LogP contribution in [0.3, 0.4) is 0 Å². The first-order valence-electron chi connectivity index (χ1n) is 13.2. The van der Waals surface area contributed by atoms with E-state index in [2.05, 4.69) is 37.5 Å². The Morgan fingerprint density at radius 3 is 2.71 bits per heavy atom. The molecule has 1 aliphatic rings. The molecule has 1 aliphatic heterocycles. The second kappa shape index (κ2) is 10.9. The van der Waals surface area contributed by atoms with Gasteiger partial charge in [-0.05, 0) is 67.3 Å². The van der Waals surface area contributed by atoms with Gasteiger partial charge in [-0.25, -0.2) is 9.50 Å². The van der Waals surface area contributed by atoms with Gasteiger partial charge in [-0.2, -0.15) is 5.10 Å². The fourth-order valence-electron chi connectivity index (χ4n) is 4.74. The van der Waals surface area contributed by atoms with E-state index in [-0.39, 0.29) is 11.8 Å². The predicted octanol–water partition coefficient (Wildman–Crippen LogP) is 5.06. The number of benzene rings is 3. The van der Waals surface area contributed by atoms with Crippen molar-refractivity contribution in [3.8, 4) is 11.8 Å². The van der Waals surface area contributed by atoms with E-state index in [0.29, 0.717) is 29.1 Å². The monoisotopic (exact) mass is 538 g/mol. The van der Waals surface area contributed by atoms with Crippen LogP contribution < -0.4 is 10.6 Å². The lowest BCUT2D eigenvalue weighted by Gasteiger charge is -2.12. The molecule has 2 amide bonds. The highest BCUT2D eigenvalue weighted by Gasteiger charge is 2.24. The Hall–Kier alpha value is -5.55. The van der Waals surface area contributed by atoms with Gasteiger partial charge in [-0.1, -0.05) is 48.4 Å². The number of hydrogen-bond acceptors (Lipinski definition) is 5. The van der Waals surface area contributed by atoms with Crippen molar-refractivity contribution in [1.82, 2.24) is 14.6 Å². The number of amides is 2. The van der Waals surface area contributed by atoms with Gasteiger partial charge in [-0.3, -0.25) is 14.6 Å². The average molecular weight is 539 g/mol. The van der Waals surface area contributed by atoms with Crippen LogP contribution in [0.4, 0.5) is 11.4 Å². The molecule has 2 aromatic heterocycles. The van der Waals surface area contributed by atoms with Crippen LogP contribution in [0.5, 0.6) is 0 Å². The number of rotatable bonds is 4. The number of anilines is 2. The normalized spacial score (nSPS) is 14.2. The summed E-state index contributed by atoms with van der Waals surface area (Å²) in [7, 11) is 0. The molecule has 41 heavy (non-hydrogen) atoms. The number of nitrogens with one attached hydrogen (secondary N) is 2. The predicted molar refractivity (Wildman–Crippen MR) is 159 cm³/mol. The number of aliphatic imine (C=N–C) groups is 1. The van der Waals surface area contributed by atoms with E-state index in [1.54, 1.807) is 29.0 Å². The van der Waals surface area contributed by atoms with Crippen molar-refractivity contribution in [1.29, 1.82) is 0 Å². The average Bonchev–Trinajstić information content (AvgIpc) is 3.35. The summed E-state index contributed by atoms with van der Waals surface area (Å²) in [5, 5.41) is 10.2. The minimum atomic E-state index is -0.550. The first kappa shape index (κ1) is 25.7. The molecule has 1 atom stereocenters. The van der Waals surface area contributed by atoms with Crippen molar-refractivity contribution in [3.05, 3.63) is 125 Å². The van der Waals surface area contributed by atoms with Crippen molar-refractivity contribution in [2.24, 2.45) is 4.99 Å². The third-order valence-electron chi connectivity index (χ3n) is 6.95. The molecule has 200 valence electrons. The summed E-state index contributed by atoms with van der Waals surface area (Å²) in [6, 6.07) is 23.8. The largest absolute Gasteiger partial charge is 0.324 e. The molecule has 0 saturated carbocycles. The van der Waals surface area contributed by atoms with Gasteiger partial charge in [0.25, 0.3) is 5.91 Å². The second-order valence-electron chi connectivity index (χ2n) is 9.84. The van der Waals surface area contributed by atoms with Crippen molar-refractivity contribution in [2.45, 2.75) is 26.3 Å². The van der Waals surface area contributed by atoms with Crippen LogP contribution in [0.15, 0.2) is 96.2 Å². The number of carbonyl (C=O) groups is 2. The second-order valence-corrected chi connectivity index (χ2v) is 9.84. The van der Waals surface area contributed by atoms with Gasteiger partial charge < -0.3 is 10.6 Å². The van der Waals surface area contributed by atoms with Crippen LogP contribution in [0.1, 0.15) is 45.2 Å². The third-order valence-corrected chi connectivity index (χ3v) is 6.95. The first-order chi connectivity index (χ1) is 19.9. The van der Waals surface area contributed by atoms with E-state index in [0.717, 1.165) is 33.6 Å². The molecule has 3 heterocycles. The van der Waals surface area contributed by atoms with Crippen LogP contribution in [0.25, 0.3) is 5.65 Å². The Morgan fingerprint density at radius 2 is 1.85 bits per heavy atom. The van der Waals surface area contributed by atoms with E-state index in [9.17, 15) is 9.59 Å². The number of fused-ring (bicyclic) bond motifs is 2. The van der Waals surface area contributed by atoms with Crippen LogP contribution in [-0.2, 0) is 11.2 Å². The highest BCUT2D eigenvalue weighted by Crippen LogP contribution is 2.25. The maximum atomic E-state index is 13.2. The molecule has 2 N–H and O–H groups in total. The topological polar surface area (TPSA) is 101 Å². The lowest BCUT2D eigenvalue weighted by molar-refractivity contribution is -0.117. The summed E-state index contributed by atoms with van der Waals surface area (Å²) >= 11 is 0. The highest BCUT2D eigenvalue weighted by molar-refractivity contribution is 6.13. The summed E-state index contributed by atoms with van der Waals surface area (Å²) in [5.41, 5.74) is 7.32.